The maximum absolute atomic E-state index is 14.7. The second kappa shape index (κ2) is 9.99. The first kappa shape index (κ1) is 25.4. The Labute approximate surface area is 222 Å². The van der Waals surface area contributed by atoms with Crippen molar-refractivity contribution in [3.63, 3.8) is 0 Å². The third-order valence-electron chi connectivity index (χ3n) is 7.34. The zero-order valence-electron chi connectivity index (χ0n) is 21.2. The molecule has 1 saturated heterocycles. The molecule has 6 rings (SSSR count). The fraction of sp³-hybridized carbons (Fsp3) is 0.407. The predicted molar refractivity (Wildman–Crippen MR) is 134 cm³/mol. The van der Waals surface area contributed by atoms with Gasteiger partial charge in [-0.15, -0.1) is 0 Å². The van der Waals surface area contributed by atoms with Crippen molar-refractivity contribution < 1.29 is 27.8 Å². The quantitative estimate of drug-likeness (QED) is 0.485. The minimum absolute atomic E-state index is 0.0114. The lowest BCUT2D eigenvalue weighted by molar-refractivity contribution is 0.0256. The molecule has 0 radical (unpaired) electrons. The van der Waals surface area contributed by atoms with Gasteiger partial charge in [-0.3, -0.25) is 9.67 Å². The zero-order chi connectivity index (χ0) is 27.3. The summed E-state index contributed by atoms with van der Waals surface area (Å²) < 4.78 is 49.8. The number of aliphatic hydroxyl groups excluding tert-OH is 1. The van der Waals surface area contributed by atoms with E-state index in [9.17, 15) is 23.1 Å². The molecule has 1 saturated carbocycles. The Morgan fingerprint density at radius 1 is 1.13 bits per heavy atom. The Hall–Kier alpha value is -3.93. The third kappa shape index (κ3) is 4.96. The molecule has 4 heterocycles. The number of hydrogen-bond donors (Lipinski definition) is 1. The number of likely N-dealkylation sites (tertiary alicyclic amines) is 1. The number of urea groups is 1. The van der Waals surface area contributed by atoms with Crippen molar-refractivity contribution in [1.29, 1.82) is 0 Å². The maximum Gasteiger partial charge on any atom is 0.341 e. The highest BCUT2D eigenvalue weighted by Crippen LogP contribution is 2.35. The van der Waals surface area contributed by atoms with E-state index in [0.29, 0.717) is 34.9 Å². The van der Waals surface area contributed by atoms with Crippen LogP contribution < -0.4 is 4.74 Å². The van der Waals surface area contributed by atoms with Crippen molar-refractivity contribution >= 4 is 12.2 Å². The average Bonchev–Trinajstić information content (AvgIpc) is 3.45. The van der Waals surface area contributed by atoms with Crippen LogP contribution in [0.4, 0.5) is 18.0 Å². The number of aromatic nitrogens is 3. The van der Waals surface area contributed by atoms with Crippen molar-refractivity contribution in [2.45, 2.75) is 51.5 Å². The van der Waals surface area contributed by atoms with Crippen LogP contribution in [-0.2, 0) is 13.2 Å². The van der Waals surface area contributed by atoms with Gasteiger partial charge in [0.1, 0.15) is 17.7 Å². The number of carbonyl (C=O) groups is 1. The van der Waals surface area contributed by atoms with E-state index in [4.69, 9.17) is 4.74 Å². The Balaban J connectivity index is 1.13. The summed E-state index contributed by atoms with van der Waals surface area (Å²) >= 11 is 0. The topological polar surface area (TPSA) is 96.1 Å². The summed E-state index contributed by atoms with van der Waals surface area (Å²) in [5.41, 5.74) is 2.72. The molecule has 12 heteroatoms. The number of aliphatic hydroxyl groups is 1. The van der Waals surface area contributed by atoms with Crippen LogP contribution in [-0.4, -0.2) is 61.2 Å². The molecule has 3 aliphatic rings. The smallest absolute Gasteiger partial charge is 0.341 e. The first-order valence-electron chi connectivity index (χ1n) is 12.9. The lowest BCUT2D eigenvalue weighted by Crippen LogP contribution is -2.58. The summed E-state index contributed by atoms with van der Waals surface area (Å²) in [4.78, 5) is 18.8. The van der Waals surface area contributed by atoms with Gasteiger partial charge in [0.15, 0.2) is 11.6 Å². The van der Waals surface area contributed by atoms with E-state index in [2.05, 4.69) is 15.2 Å². The molecule has 1 atom stereocenters. The van der Waals surface area contributed by atoms with Gasteiger partial charge in [-0.1, -0.05) is 0 Å². The third-order valence-corrected chi connectivity index (χ3v) is 7.34. The summed E-state index contributed by atoms with van der Waals surface area (Å²) in [6.07, 6.45) is 4.79. The van der Waals surface area contributed by atoms with E-state index >= 15 is 0 Å². The number of pyridine rings is 1. The highest BCUT2D eigenvalue weighted by atomic mass is 19.1. The molecule has 3 aromatic rings. The van der Waals surface area contributed by atoms with Crippen molar-refractivity contribution in [2.75, 3.05) is 13.1 Å². The van der Waals surface area contributed by atoms with Crippen molar-refractivity contribution in [1.82, 2.24) is 24.7 Å². The molecule has 204 valence electrons. The molecule has 1 N–H and O–H groups in total. The number of nitrogens with zero attached hydrogens (tertiary/aromatic N) is 6. The van der Waals surface area contributed by atoms with Gasteiger partial charge < -0.3 is 14.7 Å². The molecule has 39 heavy (non-hydrogen) atoms. The van der Waals surface area contributed by atoms with Gasteiger partial charge in [0.25, 0.3) is 0 Å². The number of ether oxygens (including phenoxy) is 1. The average molecular weight is 541 g/mol. The van der Waals surface area contributed by atoms with Gasteiger partial charge in [-0.25, -0.2) is 23.0 Å². The van der Waals surface area contributed by atoms with E-state index in [1.807, 2.05) is 11.6 Å². The summed E-state index contributed by atoms with van der Waals surface area (Å²) in [5.74, 6) is -1.52. The van der Waals surface area contributed by atoms with Crippen LogP contribution in [0.15, 0.2) is 35.6 Å². The van der Waals surface area contributed by atoms with Gasteiger partial charge in [-0.05, 0) is 43.4 Å². The van der Waals surface area contributed by atoms with Crippen LogP contribution in [0.2, 0.25) is 0 Å². The lowest BCUT2D eigenvalue weighted by Gasteiger charge is -2.41. The van der Waals surface area contributed by atoms with Crippen LogP contribution in [0.1, 0.15) is 42.3 Å². The molecule has 0 unspecified atom stereocenters. The van der Waals surface area contributed by atoms with E-state index < -0.39 is 35.6 Å². The predicted octanol–water partition coefficient (Wildman–Crippen LogP) is 4.19. The molecule has 2 fully saturated rings. The molecule has 2 amide bonds. The van der Waals surface area contributed by atoms with Gasteiger partial charge in [0.2, 0.25) is 0 Å². The van der Waals surface area contributed by atoms with Crippen LogP contribution in [0.3, 0.4) is 0 Å². The summed E-state index contributed by atoms with van der Waals surface area (Å²) in [5, 5.41) is 19.7. The first-order valence-corrected chi connectivity index (χ1v) is 12.9. The Kier molecular flexibility index (Phi) is 6.49. The first-order chi connectivity index (χ1) is 18.8. The van der Waals surface area contributed by atoms with E-state index in [1.165, 1.54) is 34.3 Å². The lowest BCUT2D eigenvalue weighted by atomic mass is 10.0. The standard InChI is InChI=1S/C27H27F3N6O3/c1-15-26(23(14-37)33-35(15)11-16-2-3-16)22-9-25(21(30)10-31-22)39-20-12-34(13-20)27(38)36-24(4-5-32-36)17-6-18(28)8-19(29)7-17/h5-10,16,20,24,37H,2-4,11-14H2,1H3/t24-/m0/s1. The fourth-order valence-electron chi connectivity index (χ4n) is 5.06. The number of hydrogen-bond acceptors (Lipinski definition) is 6. The summed E-state index contributed by atoms with van der Waals surface area (Å²) in [6.45, 7) is 2.77. The molecule has 0 spiro atoms. The molecule has 1 aromatic carbocycles. The summed E-state index contributed by atoms with van der Waals surface area (Å²) in [7, 11) is 0. The second-order valence-electron chi connectivity index (χ2n) is 10.2. The van der Waals surface area contributed by atoms with Gasteiger partial charge >= 0.3 is 6.03 Å². The van der Waals surface area contributed by atoms with Crippen molar-refractivity contribution in [3.8, 4) is 17.0 Å². The van der Waals surface area contributed by atoms with Gasteiger partial charge in [0.05, 0.1) is 43.3 Å². The largest absolute Gasteiger partial charge is 0.483 e. The van der Waals surface area contributed by atoms with E-state index in [0.717, 1.165) is 37.3 Å². The molecule has 1 aliphatic carbocycles. The molecule has 0 bridgehead atoms. The number of halogens is 3. The van der Waals surface area contributed by atoms with Gasteiger partial charge in [-0.2, -0.15) is 10.2 Å². The fourth-order valence-corrected chi connectivity index (χ4v) is 5.06. The normalized spacial score (nSPS) is 19.1. The second-order valence-corrected chi connectivity index (χ2v) is 10.2. The Bertz CT molecular complexity index is 1430. The molecule has 2 aromatic heterocycles. The van der Waals surface area contributed by atoms with E-state index in [1.54, 1.807) is 0 Å². The Morgan fingerprint density at radius 3 is 2.56 bits per heavy atom. The number of rotatable bonds is 7. The number of benzene rings is 1. The molecule has 2 aliphatic heterocycles. The van der Waals surface area contributed by atoms with Crippen LogP contribution in [0, 0.1) is 30.3 Å². The van der Waals surface area contributed by atoms with Crippen molar-refractivity contribution in [3.05, 3.63) is 64.9 Å². The number of hydrazone groups is 1. The monoisotopic (exact) mass is 540 g/mol. The highest BCUT2D eigenvalue weighted by Gasteiger charge is 2.39. The summed E-state index contributed by atoms with van der Waals surface area (Å²) in [6, 6.07) is 3.60. The van der Waals surface area contributed by atoms with Gasteiger partial charge in [0, 0.05) is 42.6 Å². The number of amides is 2. The maximum atomic E-state index is 14.7. The minimum Gasteiger partial charge on any atom is -0.483 e. The van der Waals surface area contributed by atoms with Crippen molar-refractivity contribution in [2.24, 2.45) is 11.0 Å². The van der Waals surface area contributed by atoms with Crippen LogP contribution in [0.5, 0.6) is 5.75 Å². The molecular formula is C27H27F3N6O3. The minimum atomic E-state index is -0.725. The highest BCUT2D eigenvalue weighted by molar-refractivity contribution is 5.79. The number of carbonyl (C=O) groups excluding carboxylic acids is 1. The Morgan fingerprint density at radius 2 is 1.87 bits per heavy atom. The molecular weight excluding hydrogens is 513 g/mol. The molecule has 9 nitrogen and oxygen atoms in total. The van der Waals surface area contributed by atoms with Crippen LogP contribution >= 0.6 is 0 Å². The van der Waals surface area contributed by atoms with Crippen LogP contribution in [0.25, 0.3) is 11.3 Å². The SMILES string of the molecule is Cc1c(-c2cc(OC3CN(C(=O)N4N=CC[C@H]4c4cc(F)cc(F)c4)C3)c(F)cn2)c(CO)nn1CC1CC1. The van der Waals surface area contributed by atoms with E-state index in [-0.39, 0.29) is 25.4 Å². The zero-order valence-corrected chi connectivity index (χ0v) is 21.2.